The molecule has 0 aromatic heterocycles. The van der Waals surface area contributed by atoms with Gasteiger partial charge in [-0.3, -0.25) is 4.79 Å². The van der Waals surface area contributed by atoms with Gasteiger partial charge in [0, 0.05) is 24.3 Å². The first-order valence-electron chi connectivity index (χ1n) is 11.0. The van der Waals surface area contributed by atoms with Gasteiger partial charge in [-0.25, -0.2) is 4.79 Å². The van der Waals surface area contributed by atoms with Crippen LogP contribution in [0, 0.1) is 5.92 Å². The summed E-state index contributed by atoms with van der Waals surface area (Å²) in [6, 6.07) is 12.6. The molecule has 3 rings (SSSR count). The molecule has 1 fully saturated rings. The molecule has 0 radical (unpaired) electrons. The number of piperidine rings is 1. The predicted octanol–water partition coefficient (Wildman–Crippen LogP) is 4.90. The van der Waals surface area contributed by atoms with Crippen LogP contribution in [0.3, 0.4) is 0 Å². The maximum absolute atomic E-state index is 13.1. The molecule has 1 atom stereocenters. The molecule has 0 saturated carbocycles. The molecule has 1 aliphatic heterocycles. The van der Waals surface area contributed by atoms with Crippen LogP contribution in [-0.2, 0) is 0 Å². The SMILES string of the molecule is COc1cc(C(=O)NC(CC(C)C)c2ccccc2N2CCCCC2)ccc1C(=O)O. The second-order valence-electron chi connectivity index (χ2n) is 8.48. The number of methoxy groups -OCH3 is 1. The number of anilines is 1. The van der Waals surface area contributed by atoms with Crippen molar-refractivity contribution >= 4 is 17.6 Å². The monoisotopic (exact) mass is 424 g/mol. The minimum absolute atomic E-state index is 0.0354. The molecule has 2 aromatic rings. The third-order valence-corrected chi connectivity index (χ3v) is 5.72. The largest absolute Gasteiger partial charge is 0.496 e. The minimum Gasteiger partial charge on any atom is -0.496 e. The molecule has 1 heterocycles. The van der Waals surface area contributed by atoms with E-state index in [0.29, 0.717) is 11.5 Å². The number of carboxylic acids is 1. The Labute approximate surface area is 184 Å². The Balaban J connectivity index is 1.89. The van der Waals surface area contributed by atoms with Gasteiger partial charge in [-0.15, -0.1) is 0 Å². The number of hydrogen-bond acceptors (Lipinski definition) is 4. The highest BCUT2D eigenvalue weighted by Crippen LogP contribution is 2.32. The van der Waals surface area contributed by atoms with Crippen molar-refractivity contribution in [3.8, 4) is 5.75 Å². The molecule has 1 unspecified atom stereocenters. The number of carboxylic acid groups (broad SMARTS) is 1. The molecular formula is C25H32N2O4. The highest BCUT2D eigenvalue weighted by atomic mass is 16.5. The molecule has 1 amide bonds. The second-order valence-corrected chi connectivity index (χ2v) is 8.48. The zero-order chi connectivity index (χ0) is 22.4. The van der Waals surface area contributed by atoms with Crippen LogP contribution >= 0.6 is 0 Å². The van der Waals surface area contributed by atoms with Crippen LogP contribution in [0.1, 0.15) is 71.9 Å². The third kappa shape index (κ3) is 5.57. The molecule has 6 nitrogen and oxygen atoms in total. The van der Waals surface area contributed by atoms with Crippen LogP contribution in [-0.4, -0.2) is 37.2 Å². The third-order valence-electron chi connectivity index (χ3n) is 5.72. The molecule has 2 aromatic carbocycles. The van der Waals surface area contributed by atoms with E-state index in [4.69, 9.17) is 4.74 Å². The normalized spacial score (nSPS) is 14.9. The van der Waals surface area contributed by atoms with Crippen LogP contribution in [0.25, 0.3) is 0 Å². The van der Waals surface area contributed by atoms with Gasteiger partial charge in [0.15, 0.2) is 0 Å². The maximum Gasteiger partial charge on any atom is 0.339 e. The lowest BCUT2D eigenvalue weighted by molar-refractivity contribution is 0.0692. The van der Waals surface area contributed by atoms with Gasteiger partial charge in [0.2, 0.25) is 0 Å². The highest BCUT2D eigenvalue weighted by molar-refractivity contribution is 5.98. The van der Waals surface area contributed by atoms with Crippen molar-refractivity contribution in [1.82, 2.24) is 5.32 Å². The van der Waals surface area contributed by atoms with Gasteiger partial charge in [0.25, 0.3) is 5.91 Å². The van der Waals surface area contributed by atoms with Crippen molar-refractivity contribution in [3.05, 3.63) is 59.2 Å². The summed E-state index contributed by atoms with van der Waals surface area (Å²) < 4.78 is 5.18. The number of hydrogen-bond donors (Lipinski definition) is 2. The van der Waals surface area contributed by atoms with Crippen molar-refractivity contribution in [3.63, 3.8) is 0 Å². The molecule has 0 bridgehead atoms. The Morgan fingerprint density at radius 1 is 1.10 bits per heavy atom. The van der Waals surface area contributed by atoms with E-state index < -0.39 is 5.97 Å². The first-order chi connectivity index (χ1) is 14.9. The first-order valence-corrected chi connectivity index (χ1v) is 11.0. The number of nitrogens with zero attached hydrogens (tertiary/aromatic N) is 1. The van der Waals surface area contributed by atoms with Crippen molar-refractivity contribution in [2.75, 3.05) is 25.1 Å². The lowest BCUT2D eigenvalue weighted by Gasteiger charge is -2.33. The summed E-state index contributed by atoms with van der Waals surface area (Å²) in [6.07, 6.45) is 4.44. The number of aromatic carboxylic acids is 1. The van der Waals surface area contributed by atoms with Gasteiger partial charge in [-0.1, -0.05) is 32.0 Å². The van der Waals surface area contributed by atoms with Gasteiger partial charge in [0.1, 0.15) is 11.3 Å². The Hall–Kier alpha value is -3.02. The van der Waals surface area contributed by atoms with E-state index in [1.165, 1.54) is 50.3 Å². The predicted molar refractivity (Wildman–Crippen MR) is 122 cm³/mol. The summed E-state index contributed by atoms with van der Waals surface area (Å²) in [6.45, 7) is 6.36. The van der Waals surface area contributed by atoms with Crippen molar-refractivity contribution < 1.29 is 19.4 Å². The summed E-state index contributed by atoms with van der Waals surface area (Å²) >= 11 is 0. The molecule has 0 aliphatic carbocycles. The van der Waals surface area contributed by atoms with Crippen LogP contribution in [0.2, 0.25) is 0 Å². The van der Waals surface area contributed by atoms with Gasteiger partial charge >= 0.3 is 5.97 Å². The van der Waals surface area contributed by atoms with Crippen LogP contribution in [0.15, 0.2) is 42.5 Å². The quantitative estimate of drug-likeness (QED) is 0.630. The molecule has 6 heteroatoms. The molecule has 1 aliphatic rings. The number of amides is 1. The Kier molecular flexibility index (Phi) is 7.55. The Bertz CT molecular complexity index is 919. The number of ether oxygens (including phenoxy) is 1. The molecule has 31 heavy (non-hydrogen) atoms. The smallest absolute Gasteiger partial charge is 0.339 e. The summed E-state index contributed by atoms with van der Waals surface area (Å²) in [5.74, 6) is -0.760. The fraction of sp³-hybridized carbons (Fsp3) is 0.440. The van der Waals surface area contributed by atoms with E-state index in [9.17, 15) is 14.7 Å². The average Bonchev–Trinajstić information content (AvgIpc) is 2.78. The molecule has 0 spiro atoms. The van der Waals surface area contributed by atoms with Crippen molar-refractivity contribution in [2.24, 2.45) is 5.92 Å². The fourth-order valence-electron chi connectivity index (χ4n) is 4.19. The van der Waals surface area contributed by atoms with Gasteiger partial charge in [-0.05, 0) is 61.4 Å². The van der Waals surface area contributed by atoms with Gasteiger partial charge in [0.05, 0.1) is 13.2 Å². The van der Waals surface area contributed by atoms with Crippen LogP contribution in [0.5, 0.6) is 5.75 Å². The molecule has 1 saturated heterocycles. The topological polar surface area (TPSA) is 78.9 Å². The minimum atomic E-state index is -1.09. The zero-order valence-corrected chi connectivity index (χ0v) is 18.6. The van der Waals surface area contributed by atoms with E-state index in [0.717, 1.165) is 25.1 Å². The standard InChI is InChI=1S/C25H32N2O4/c1-17(2)15-21(19-9-5-6-10-22(19)27-13-7-4-8-14-27)26-24(28)18-11-12-20(25(29)30)23(16-18)31-3/h5-6,9-12,16-17,21H,4,7-8,13-15H2,1-3H3,(H,26,28)(H,29,30). The first kappa shape index (κ1) is 22.7. The number of nitrogens with one attached hydrogen (secondary N) is 1. The van der Waals surface area contributed by atoms with Crippen LogP contribution in [0.4, 0.5) is 5.69 Å². The van der Waals surface area contributed by atoms with E-state index >= 15 is 0 Å². The van der Waals surface area contributed by atoms with Crippen LogP contribution < -0.4 is 15.0 Å². The fourth-order valence-corrected chi connectivity index (χ4v) is 4.19. The Morgan fingerprint density at radius 2 is 1.81 bits per heavy atom. The number of benzene rings is 2. The summed E-state index contributed by atoms with van der Waals surface area (Å²) in [4.78, 5) is 26.9. The summed E-state index contributed by atoms with van der Waals surface area (Å²) in [7, 11) is 1.40. The lowest BCUT2D eigenvalue weighted by Crippen LogP contribution is -2.34. The molecule has 166 valence electrons. The van der Waals surface area contributed by atoms with Crippen molar-refractivity contribution in [2.45, 2.75) is 45.6 Å². The average molecular weight is 425 g/mol. The number of carbonyl (C=O) groups excluding carboxylic acids is 1. The number of para-hydroxylation sites is 1. The van der Waals surface area contributed by atoms with E-state index in [-0.39, 0.29) is 23.3 Å². The molecule has 2 N–H and O–H groups in total. The summed E-state index contributed by atoms with van der Waals surface area (Å²) in [5, 5.41) is 12.5. The number of rotatable bonds is 8. The summed E-state index contributed by atoms with van der Waals surface area (Å²) in [5.41, 5.74) is 2.73. The zero-order valence-electron chi connectivity index (χ0n) is 18.6. The van der Waals surface area contributed by atoms with E-state index in [2.05, 4.69) is 42.3 Å². The maximum atomic E-state index is 13.1. The van der Waals surface area contributed by atoms with Crippen molar-refractivity contribution in [1.29, 1.82) is 0 Å². The number of carbonyl (C=O) groups is 2. The van der Waals surface area contributed by atoms with E-state index in [1.54, 1.807) is 0 Å². The van der Waals surface area contributed by atoms with Gasteiger partial charge in [-0.2, -0.15) is 0 Å². The van der Waals surface area contributed by atoms with Gasteiger partial charge < -0.3 is 20.1 Å². The Morgan fingerprint density at radius 3 is 2.45 bits per heavy atom. The van der Waals surface area contributed by atoms with E-state index in [1.807, 2.05) is 6.07 Å². The lowest BCUT2D eigenvalue weighted by atomic mass is 9.94. The highest BCUT2D eigenvalue weighted by Gasteiger charge is 2.23. The second kappa shape index (κ2) is 10.3. The molecular weight excluding hydrogens is 392 g/mol.